The first kappa shape index (κ1) is 31.8. The predicted octanol–water partition coefficient (Wildman–Crippen LogP) is 4.74. The minimum atomic E-state index is -4.26. The van der Waals surface area contributed by atoms with E-state index in [2.05, 4.69) is 5.32 Å². The molecule has 0 saturated heterocycles. The first-order valence-corrected chi connectivity index (χ1v) is 14.9. The Balaban J connectivity index is 2.05. The topological polar surface area (TPSA) is 105 Å². The van der Waals surface area contributed by atoms with Gasteiger partial charge in [-0.2, -0.15) is 0 Å². The van der Waals surface area contributed by atoms with Gasteiger partial charge in [0.25, 0.3) is 10.0 Å². The fraction of sp³-hybridized carbons (Fsp3) is 0.333. The highest BCUT2D eigenvalue weighted by Gasteiger charge is 2.33. The number of nitrogens with zero attached hydrogens (tertiary/aromatic N) is 2. The Morgan fingerprint density at radius 2 is 1.61 bits per heavy atom. The standard InChI is InChI=1S/C30H36ClN3O6S/c1-21(2)18-32-30(36)22(3)33(19-23-9-8-10-24(31)17-23)29(35)20-34(27-11-6-7-12-28(27)40-5)41(37,38)26-15-13-25(39-4)14-16-26/h6-17,21-22H,18-20H2,1-5H3,(H,32,36). The number of amides is 2. The van der Waals surface area contributed by atoms with Crippen LogP contribution in [0.25, 0.3) is 0 Å². The lowest BCUT2D eigenvalue weighted by Crippen LogP contribution is -2.51. The Hall–Kier alpha value is -3.76. The van der Waals surface area contributed by atoms with Crippen LogP contribution in [0.2, 0.25) is 5.02 Å². The van der Waals surface area contributed by atoms with Gasteiger partial charge in [-0.3, -0.25) is 13.9 Å². The van der Waals surface area contributed by atoms with Crippen molar-refractivity contribution in [3.8, 4) is 11.5 Å². The Labute approximate surface area is 247 Å². The van der Waals surface area contributed by atoms with Gasteiger partial charge in [0.15, 0.2) is 0 Å². The summed E-state index contributed by atoms with van der Waals surface area (Å²) in [4.78, 5) is 28.4. The molecule has 0 fully saturated rings. The summed E-state index contributed by atoms with van der Waals surface area (Å²) in [6.07, 6.45) is 0. The van der Waals surface area contributed by atoms with Crippen LogP contribution in [0.1, 0.15) is 26.3 Å². The lowest BCUT2D eigenvalue weighted by Gasteiger charge is -2.32. The van der Waals surface area contributed by atoms with Crippen molar-refractivity contribution in [2.75, 3.05) is 31.6 Å². The molecule has 41 heavy (non-hydrogen) atoms. The molecule has 220 valence electrons. The number of sulfonamides is 1. The number of hydrogen-bond acceptors (Lipinski definition) is 6. The number of carbonyl (C=O) groups excluding carboxylic acids is 2. The Kier molecular flexibility index (Phi) is 11.0. The van der Waals surface area contributed by atoms with Gasteiger partial charge in [0.1, 0.15) is 24.1 Å². The fourth-order valence-corrected chi connectivity index (χ4v) is 5.73. The summed E-state index contributed by atoms with van der Waals surface area (Å²) in [6.45, 7) is 5.43. The molecule has 11 heteroatoms. The van der Waals surface area contributed by atoms with E-state index >= 15 is 0 Å². The first-order chi connectivity index (χ1) is 19.5. The number of hydrogen-bond donors (Lipinski definition) is 1. The van der Waals surface area contributed by atoms with Crippen molar-refractivity contribution in [1.29, 1.82) is 0 Å². The first-order valence-electron chi connectivity index (χ1n) is 13.1. The zero-order valence-corrected chi connectivity index (χ0v) is 25.4. The maximum absolute atomic E-state index is 14.0. The SMILES string of the molecule is COc1ccc(S(=O)(=O)N(CC(=O)N(Cc2cccc(Cl)c2)C(C)C(=O)NCC(C)C)c2ccccc2OC)cc1. The number of ether oxygens (including phenoxy) is 2. The van der Waals surface area contributed by atoms with Crippen LogP contribution in [0.3, 0.4) is 0 Å². The highest BCUT2D eigenvalue weighted by Crippen LogP contribution is 2.33. The molecule has 0 aliphatic heterocycles. The summed E-state index contributed by atoms with van der Waals surface area (Å²) in [5, 5.41) is 3.34. The maximum Gasteiger partial charge on any atom is 0.264 e. The number of nitrogens with one attached hydrogen (secondary N) is 1. The van der Waals surface area contributed by atoms with E-state index in [1.807, 2.05) is 13.8 Å². The zero-order valence-electron chi connectivity index (χ0n) is 23.8. The lowest BCUT2D eigenvalue weighted by atomic mass is 10.1. The molecule has 1 atom stereocenters. The van der Waals surface area contributed by atoms with E-state index < -0.39 is 28.5 Å². The van der Waals surface area contributed by atoms with Crippen LogP contribution in [0.15, 0.2) is 77.7 Å². The quantitative estimate of drug-likeness (QED) is 0.303. The van der Waals surface area contributed by atoms with Crippen LogP contribution in [-0.4, -0.2) is 58.5 Å². The molecule has 0 heterocycles. The zero-order chi connectivity index (χ0) is 30.2. The molecular formula is C30H36ClN3O6S. The molecule has 3 aromatic carbocycles. The molecule has 0 aliphatic rings. The van der Waals surface area contributed by atoms with Crippen molar-refractivity contribution in [3.05, 3.63) is 83.4 Å². The molecule has 1 N–H and O–H groups in total. The minimum absolute atomic E-state index is 0.0397. The number of anilines is 1. The van der Waals surface area contributed by atoms with E-state index in [1.54, 1.807) is 55.5 Å². The van der Waals surface area contributed by atoms with Gasteiger partial charge in [0, 0.05) is 18.1 Å². The van der Waals surface area contributed by atoms with Crippen LogP contribution in [0.5, 0.6) is 11.5 Å². The highest BCUT2D eigenvalue weighted by atomic mass is 35.5. The Morgan fingerprint density at radius 3 is 2.22 bits per heavy atom. The molecule has 3 aromatic rings. The van der Waals surface area contributed by atoms with E-state index in [0.717, 1.165) is 4.31 Å². The molecule has 0 radical (unpaired) electrons. The monoisotopic (exact) mass is 601 g/mol. The number of para-hydroxylation sites is 2. The molecule has 0 aromatic heterocycles. The third-order valence-electron chi connectivity index (χ3n) is 6.37. The molecule has 2 amide bonds. The van der Waals surface area contributed by atoms with Crippen molar-refractivity contribution in [3.63, 3.8) is 0 Å². The second kappa shape index (κ2) is 14.2. The third-order valence-corrected chi connectivity index (χ3v) is 8.38. The number of methoxy groups -OCH3 is 2. The second-order valence-electron chi connectivity index (χ2n) is 9.83. The average molecular weight is 602 g/mol. The van der Waals surface area contributed by atoms with Gasteiger partial charge in [-0.25, -0.2) is 8.42 Å². The average Bonchev–Trinajstić information content (AvgIpc) is 2.96. The molecule has 3 rings (SSSR count). The summed E-state index contributed by atoms with van der Waals surface area (Å²) >= 11 is 6.19. The number of carbonyl (C=O) groups is 2. The van der Waals surface area contributed by atoms with Crippen LogP contribution in [-0.2, 0) is 26.2 Å². The number of halogens is 1. The maximum atomic E-state index is 14.0. The molecule has 0 spiro atoms. The summed E-state index contributed by atoms with van der Waals surface area (Å²) in [6, 6.07) is 18.5. The Morgan fingerprint density at radius 1 is 0.927 bits per heavy atom. The molecule has 9 nitrogen and oxygen atoms in total. The summed E-state index contributed by atoms with van der Waals surface area (Å²) in [7, 11) is -1.35. The molecular weight excluding hydrogens is 566 g/mol. The van der Waals surface area contributed by atoms with Crippen LogP contribution >= 0.6 is 11.6 Å². The van der Waals surface area contributed by atoms with Gasteiger partial charge in [0.05, 0.1) is 24.8 Å². The van der Waals surface area contributed by atoms with Gasteiger partial charge in [-0.1, -0.05) is 49.7 Å². The van der Waals surface area contributed by atoms with E-state index in [-0.39, 0.29) is 34.7 Å². The van der Waals surface area contributed by atoms with Gasteiger partial charge < -0.3 is 19.7 Å². The third kappa shape index (κ3) is 8.14. The van der Waals surface area contributed by atoms with Crippen LogP contribution < -0.4 is 19.1 Å². The van der Waals surface area contributed by atoms with E-state index in [9.17, 15) is 18.0 Å². The van der Waals surface area contributed by atoms with Crippen molar-refractivity contribution < 1.29 is 27.5 Å². The second-order valence-corrected chi connectivity index (χ2v) is 12.1. The van der Waals surface area contributed by atoms with E-state index in [4.69, 9.17) is 21.1 Å². The number of rotatable bonds is 13. The number of benzene rings is 3. The van der Waals surface area contributed by atoms with E-state index in [1.165, 1.54) is 43.4 Å². The molecule has 0 aliphatic carbocycles. The lowest BCUT2D eigenvalue weighted by molar-refractivity contribution is -0.139. The molecule has 1 unspecified atom stereocenters. The predicted molar refractivity (Wildman–Crippen MR) is 160 cm³/mol. The normalized spacial score (nSPS) is 12.0. The van der Waals surface area contributed by atoms with Gasteiger partial charge in [-0.05, 0) is 66.9 Å². The van der Waals surface area contributed by atoms with Crippen LogP contribution in [0, 0.1) is 5.92 Å². The largest absolute Gasteiger partial charge is 0.497 e. The summed E-state index contributed by atoms with van der Waals surface area (Å²) < 4.78 is 39.6. The Bertz CT molecular complexity index is 1450. The molecule has 0 bridgehead atoms. The van der Waals surface area contributed by atoms with Gasteiger partial charge in [-0.15, -0.1) is 0 Å². The van der Waals surface area contributed by atoms with Crippen molar-refractivity contribution in [2.24, 2.45) is 5.92 Å². The van der Waals surface area contributed by atoms with Gasteiger partial charge >= 0.3 is 0 Å². The van der Waals surface area contributed by atoms with Crippen LogP contribution in [0.4, 0.5) is 5.69 Å². The fourth-order valence-electron chi connectivity index (χ4n) is 4.09. The van der Waals surface area contributed by atoms with Crippen molar-refractivity contribution >= 4 is 39.1 Å². The highest BCUT2D eigenvalue weighted by molar-refractivity contribution is 7.92. The van der Waals surface area contributed by atoms with Gasteiger partial charge in [0.2, 0.25) is 11.8 Å². The smallest absolute Gasteiger partial charge is 0.264 e. The minimum Gasteiger partial charge on any atom is -0.497 e. The molecule has 0 saturated carbocycles. The van der Waals surface area contributed by atoms with Crippen molar-refractivity contribution in [1.82, 2.24) is 10.2 Å². The summed E-state index contributed by atoms with van der Waals surface area (Å²) in [5.74, 6) is 0.0225. The summed E-state index contributed by atoms with van der Waals surface area (Å²) in [5.41, 5.74) is 0.870. The van der Waals surface area contributed by atoms with E-state index in [0.29, 0.717) is 22.9 Å². The van der Waals surface area contributed by atoms with Crippen molar-refractivity contribution in [2.45, 2.75) is 38.3 Å².